The van der Waals surface area contributed by atoms with E-state index in [9.17, 15) is 23.6 Å². The molecule has 0 spiro atoms. The number of aliphatic hydroxyl groups excluding tert-OH is 1. The van der Waals surface area contributed by atoms with Crippen molar-refractivity contribution in [2.45, 2.75) is 62.5 Å². The van der Waals surface area contributed by atoms with Gasteiger partial charge in [0.05, 0.1) is 22.0 Å². The Balaban J connectivity index is 1.88. The van der Waals surface area contributed by atoms with Crippen molar-refractivity contribution in [3.05, 3.63) is 28.3 Å². The topological polar surface area (TPSA) is 113 Å². The van der Waals surface area contributed by atoms with Crippen molar-refractivity contribution in [2.75, 3.05) is 18.4 Å². The molecule has 0 radical (unpaired) electrons. The summed E-state index contributed by atoms with van der Waals surface area (Å²) in [6.45, 7) is 2.88. The molecule has 27 heavy (non-hydrogen) atoms. The van der Waals surface area contributed by atoms with Crippen LogP contribution in [0.25, 0.3) is 0 Å². The van der Waals surface area contributed by atoms with Crippen LogP contribution in [0.3, 0.4) is 0 Å². The molecule has 1 aliphatic heterocycles. The number of piperidine rings is 1. The number of benzene rings is 1. The Labute approximate surface area is 159 Å². The molecule has 1 saturated carbocycles. The second kappa shape index (κ2) is 8.12. The third-order valence-electron chi connectivity index (χ3n) is 5.49. The summed E-state index contributed by atoms with van der Waals surface area (Å²) in [5.74, 6) is 0.275. The van der Waals surface area contributed by atoms with Crippen molar-refractivity contribution < 1.29 is 18.4 Å². The molecule has 1 aliphatic carbocycles. The lowest BCUT2D eigenvalue weighted by Gasteiger charge is -2.30. The van der Waals surface area contributed by atoms with Gasteiger partial charge in [0, 0.05) is 19.2 Å². The van der Waals surface area contributed by atoms with Crippen molar-refractivity contribution in [2.24, 2.45) is 5.92 Å². The molecule has 1 heterocycles. The molecule has 150 valence electrons. The summed E-state index contributed by atoms with van der Waals surface area (Å²) < 4.78 is 27.2. The van der Waals surface area contributed by atoms with E-state index in [0.29, 0.717) is 19.5 Å². The van der Waals surface area contributed by atoms with Crippen LogP contribution in [-0.2, 0) is 10.0 Å². The Morgan fingerprint density at radius 2 is 1.96 bits per heavy atom. The Morgan fingerprint density at radius 3 is 2.63 bits per heavy atom. The minimum Gasteiger partial charge on any atom is -0.391 e. The molecule has 0 aromatic heterocycles. The summed E-state index contributed by atoms with van der Waals surface area (Å²) in [4.78, 5) is 10.9. The van der Waals surface area contributed by atoms with Gasteiger partial charge in [0.25, 0.3) is 5.69 Å². The third kappa shape index (κ3) is 4.41. The predicted octanol–water partition coefficient (Wildman–Crippen LogP) is 2.73. The monoisotopic (exact) mass is 397 g/mol. The minimum atomic E-state index is -3.76. The predicted molar refractivity (Wildman–Crippen MR) is 102 cm³/mol. The van der Waals surface area contributed by atoms with E-state index in [1.165, 1.54) is 16.4 Å². The lowest BCUT2D eigenvalue weighted by molar-refractivity contribution is -0.384. The fraction of sp³-hybridized carbons (Fsp3) is 0.667. The molecule has 9 heteroatoms. The van der Waals surface area contributed by atoms with Crippen LogP contribution in [-0.4, -0.2) is 48.0 Å². The number of nitro groups is 1. The second-order valence-electron chi connectivity index (χ2n) is 7.65. The van der Waals surface area contributed by atoms with Crippen molar-refractivity contribution in [3.63, 3.8) is 0 Å². The van der Waals surface area contributed by atoms with Crippen molar-refractivity contribution in [1.82, 2.24) is 4.31 Å². The summed E-state index contributed by atoms with van der Waals surface area (Å²) in [5.41, 5.74) is -0.0316. The fourth-order valence-electron chi connectivity index (χ4n) is 3.94. The van der Waals surface area contributed by atoms with Gasteiger partial charge >= 0.3 is 0 Å². The van der Waals surface area contributed by atoms with Crippen molar-refractivity contribution >= 4 is 21.4 Å². The van der Waals surface area contributed by atoms with E-state index in [2.05, 4.69) is 5.32 Å². The van der Waals surface area contributed by atoms with E-state index in [0.717, 1.165) is 38.2 Å². The number of anilines is 1. The highest BCUT2D eigenvalue weighted by Gasteiger charge is 2.31. The second-order valence-corrected chi connectivity index (χ2v) is 9.59. The normalized spacial score (nSPS) is 27.3. The molecule has 2 aliphatic rings. The summed E-state index contributed by atoms with van der Waals surface area (Å²) in [5, 5.41) is 24.7. The highest BCUT2D eigenvalue weighted by atomic mass is 32.2. The van der Waals surface area contributed by atoms with Crippen LogP contribution >= 0.6 is 0 Å². The number of aliphatic hydroxyl groups is 1. The molecule has 0 bridgehead atoms. The van der Waals surface area contributed by atoms with Gasteiger partial charge in [-0.1, -0.05) is 19.8 Å². The SMILES string of the molecule is C[C@@H]1CCCN(S(=O)(=O)c2ccc(N[C@H]3CCCC[C@@H]3O)c([N+](=O)[O-])c2)C1. The van der Waals surface area contributed by atoms with Gasteiger partial charge in [0.2, 0.25) is 10.0 Å². The van der Waals surface area contributed by atoms with Crippen LogP contribution in [0.4, 0.5) is 11.4 Å². The maximum Gasteiger partial charge on any atom is 0.293 e. The van der Waals surface area contributed by atoms with E-state index in [4.69, 9.17) is 0 Å². The molecule has 1 aromatic carbocycles. The Bertz CT molecular complexity index is 798. The number of nitrogens with zero attached hydrogens (tertiary/aromatic N) is 2. The van der Waals surface area contributed by atoms with E-state index < -0.39 is 21.1 Å². The first kappa shape index (κ1) is 20.0. The van der Waals surface area contributed by atoms with Crippen LogP contribution in [0.15, 0.2) is 23.1 Å². The van der Waals surface area contributed by atoms with Crippen LogP contribution in [0, 0.1) is 16.0 Å². The number of hydrogen-bond donors (Lipinski definition) is 2. The Kier molecular flexibility index (Phi) is 6.02. The van der Waals surface area contributed by atoms with Crippen molar-refractivity contribution in [1.29, 1.82) is 0 Å². The summed E-state index contributed by atoms with van der Waals surface area (Å²) in [6.07, 6.45) is 4.49. The molecule has 0 unspecified atom stereocenters. The zero-order chi connectivity index (χ0) is 19.6. The van der Waals surface area contributed by atoms with E-state index in [-0.39, 0.29) is 28.2 Å². The van der Waals surface area contributed by atoms with Crippen LogP contribution in [0.1, 0.15) is 45.4 Å². The molecule has 3 atom stereocenters. The Hall–Kier alpha value is -1.71. The largest absolute Gasteiger partial charge is 0.391 e. The van der Waals surface area contributed by atoms with Crippen molar-refractivity contribution in [3.8, 4) is 0 Å². The Morgan fingerprint density at radius 1 is 1.22 bits per heavy atom. The number of hydrogen-bond acceptors (Lipinski definition) is 6. The summed E-state index contributed by atoms with van der Waals surface area (Å²) in [6, 6.07) is 3.73. The van der Waals surface area contributed by atoms with Gasteiger partial charge in [-0.3, -0.25) is 10.1 Å². The molecule has 1 saturated heterocycles. The lowest BCUT2D eigenvalue weighted by atomic mass is 9.92. The van der Waals surface area contributed by atoms with E-state index in [1.54, 1.807) is 0 Å². The van der Waals surface area contributed by atoms with E-state index in [1.807, 2.05) is 6.92 Å². The maximum atomic E-state index is 12.9. The molecule has 8 nitrogen and oxygen atoms in total. The molecule has 0 amide bonds. The van der Waals surface area contributed by atoms with Gasteiger partial charge in [-0.15, -0.1) is 0 Å². The lowest BCUT2D eigenvalue weighted by Crippen LogP contribution is -2.39. The minimum absolute atomic E-state index is 0.0574. The summed E-state index contributed by atoms with van der Waals surface area (Å²) >= 11 is 0. The highest BCUT2D eigenvalue weighted by Crippen LogP contribution is 2.32. The quantitative estimate of drug-likeness (QED) is 0.583. The van der Waals surface area contributed by atoms with E-state index >= 15 is 0 Å². The van der Waals surface area contributed by atoms with Gasteiger partial charge in [0.15, 0.2) is 0 Å². The smallest absolute Gasteiger partial charge is 0.293 e. The summed E-state index contributed by atoms with van der Waals surface area (Å²) in [7, 11) is -3.76. The first-order chi connectivity index (χ1) is 12.8. The highest BCUT2D eigenvalue weighted by molar-refractivity contribution is 7.89. The van der Waals surface area contributed by atoms with Gasteiger partial charge in [0.1, 0.15) is 5.69 Å². The van der Waals surface area contributed by atoms with Crippen LogP contribution in [0.2, 0.25) is 0 Å². The maximum absolute atomic E-state index is 12.9. The molecular weight excluding hydrogens is 370 g/mol. The number of rotatable bonds is 5. The van der Waals surface area contributed by atoms with Gasteiger partial charge in [-0.05, 0) is 43.7 Å². The van der Waals surface area contributed by atoms with Gasteiger partial charge in [-0.25, -0.2) is 8.42 Å². The average molecular weight is 397 g/mol. The third-order valence-corrected chi connectivity index (χ3v) is 7.35. The van der Waals surface area contributed by atoms with Crippen LogP contribution < -0.4 is 5.32 Å². The average Bonchev–Trinajstić information content (AvgIpc) is 2.63. The molecule has 3 rings (SSSR count). The number of sulfonamides is 1. The molecule has 2 fully saturated rings. The molecule has 2 N–H and O–H groups in total. The van der Waals surface area contributed by atoms with Crippen LogP contribution in [0.5, 0.6) is 0 Å². The number of nitro benzene ring substituents is 1. The zero-order valence-corrected chi connectivity index (χ0v) is 16.3. The van der Waals surface area contributed by atoms with Gasteiger partial charge < -0.3 is 10.4 Å². The first-order valence-electron chi connectivity index (χ1n) is 9.52. The fourth-order valence-corrected chi connectivity index (χ4v) is 5.56. The number of nitrogens with one attached hydrogen (secondary N) is 1. The standard InChI is InChI=1S/C18H27N3O5S/c1-13-5-4-10-20(12-13)27(25,26)14-8-9-15(17(11-14)21(23)24)19-16-6-2-3-7-18(16)22/h8-9,11,13,16,18-19,22H,2-7,10,12H2,1H3/t13-,16+,18+/m1/s1. The molecule has 1 aromatic rings. The zero-order valence-electron chi connectivity index (χ0n) is 15.5. The van der Waals surface area contributed by atoms with Gasteiger partial charge in [-0.2, -0.15) is 4.31 Å². The first-order valence-corrected chi connectivity index (χ1v) is 11.0. The molecular formula is C18H27N3O5S.